The van der Waals surface area contributed by atoms with Crippen LogP contribution in [0.5, 0.6) is 0 Å². The topological polar surface area (TPSA) is 101 Å². The molecule has 0 radical (unpaired) electrons. The van der Waals surface area contributed by atoms with Gasteiger partial charge >= 0.3 is 0 Å². The molecule has 2 aromatic rings. The van der Waals surface area contributed by atoms with Crippen molar-refractivity contribution in [2.75, 3.05) is 66.5 Å². The summed E-state index contributed by atoms with van der Waals surface area (Å²) in [5, 5.41) is 14.3. The Morgan fingerprint density at radius 2 is 1.40 bits per heavy atom. The summed E-state index contributed by atoms with van der Waals surface area (Å²) in [6.45, 7) is 9.74. The minimum Gasteiger partial charge on any atom is -0.387 e. The lowest BCUT2D eigenvalue weighted by molar-refractivity contribution is -0.120. The normalized spacial score (nSPS) is 22.5. The van der Waals surface area contributed by atoms with E-state index < -0.39 is 0 Å². The van der Waals surface area contributed by atoms with Gasteiger partial charge in [-0.2, -0.15) is 5.10 Å². The predicted molar refractivity (Wildman–Crippen MR) is 218 cm³/mol. The zero-order chi connectivity index (χ0) is 38.4. The summed E-state index contributed by atoms with van der Waals surface area (Å²) >= 11 is 12.9. The summed E-state index contributed by atoms with van der Waals surface area (Å²) in [6.07, 6.45) is 14.5. The van der Waals surface area contributed by atoms with Crippen LogP contribution in [0, 0.1) is 23.7 Å². The molecule has 2 aliphatic heterocycles. The van der Waals surface area contributed by atoms with Gasteiger partial charge < -0.3 is 25.3 Å². The second-order valence-electron chi connectivity index (χ2n) is 15.1. The van der Waals surface area contributed by atoms with E-state index in [1.807, 2.05) is 60.6 Å². The van der Waals surface area contributed by atoms with E-state index >= 15 is 0 Å². The number of amides is 1. The van der Waals surface area contributed by atoms with Crippen molar-refractivity contribution in [2.24, 2.45) is 28.8 Å². The van der Waals surface area contributed by atoms with Crippen molar-refractivity contribution < 1.29 is 14.4 Å². The number of carbonyl (C=O) groups is 3. The van der Waals surface area contributed by atoms with Gasteiger partial charge in [-0.25, -0.2) is 0 Å². The molecule has 0 fully saturated rings. The minimum absolute atomic E-state index is 0.0318. The molecule has 2 heterocycles. The molecular weight excluding hydrogens is 733 g/mol. The summed E-state index contributed by atoms with van der Waals surface area (Å²) in [7, 11) is 4.11. The minimum atomic E-state index is -0.289. The molecule has 0 aromatic heterocycles. The molecule has 4 atom stereocenters. The number of hydrazone groups is 1. The second kappa shape index (κ2) is 15.4. The fourth-order valence-electron chi connectivity index (χ4n) is 8.64. The highest BCUT2D eigenvalue weighted by molar-refractivity contribution is 6.36. The third kappa shape index (κ3) is 7.01. The van der Waals surface area contributed by atoms with Gasteiger partial charge in [-0.15, -0.1) is 0 Å². The van der Waals surface area contributed by atoms with Gasteiger partial charge in [-0.1, -0.05) is 78.4 Å². The van der Waals surface area contributed by atoms with Crippen molar-refractivity contribution in [3.05, 3.63) is 135 Å². The van der Waals surface area contributed by atoms with Crippen LogP contribution < -0.4 is 10.6 Å². The first kappa shape index (κ1) is 37.2. The molecule has 0 saturated carbocycles. The highest BCUT2D eigenvalue weighted by atomic mass is 35.5. The van der Waals surface area contributed by atoms with Crippen molar-refractivity contribution in [1.82, 2.24) is 30.3 Å². The Labute approximate surface area is 332 Å². The quantitative estimate of drug-likeness (QED) is 0.241. The maximum absolute atomic E-state index is 13.4. The maximum Gasteiger partial charge on any atom is 0.225 e. The zero-order valence-corrected chi connectivity index (χ0v) is 32.6. The van der Waals surface area contributed by atoms with Crippen molar-refractivity contribution >= 4 is 52.0 Å². The highest BCUT2D eigenvalue weighted by Crippen LogP contribution is 2.51. The Morgan fingerprint density at radius 3 is 2.11 bits per heavy atom. The van der Waals surface area contributed by atoms with Crippen LogP contribution in [0.3, 0.4) is 0 Å². The van der Waals surface area contributed by atoms with Gasteiger partial charge in [0.25, 0.3) is 0 Å². The van der Waals surface area contributed by atoms with Gasteiger partial charge in [-0.05, 0) is 49.5 Å². The monoisotopic (exact) mass is 777 g/mol. The van der Waals surface area contributed by atoms with Crippen LogP contribution in [-0.4, -0.2) is 109 Å². The number of nitrogens with zero attached hydrogens (tertiary/aromatic N) is 5. The van der Waals surface area contributed by atoms with Gasteiger partial charge in [0, 0.05) is 91.7 Å². The van der Waals surface area contributed by atoms with Crippen molar-refractivity contribution in [3.63, 3.8) is 0 Å². The van der Waals surface area contributed by atoms with Crippen LogP contribution in [0.4, 0.5) is 0 Å². The molecule has 10 nitrogen and oxygen atoms in total. The number of halogens is 2. The number of rotatable bonds is 15. The lowest BCUT2D eigenvalue weighted by Crippen LogP contribution is -2.38. The number of likely N-dealkylation sites (N-methyl/N-ethyl adjacent to an activating group) is 2. The van der Waals surface area contributed by atoms with Crippen LogP contribution in [0.2, 0.25) is 10.0 Å². The zero-order valence-electron chi connectivity index (χ0n) is 31.1. The maximum atomic E-state index is 13.4. The highest BCUT2D eigenvalue weighted by Gasteiger charge is 2.48. The molecule has 4 unspecified atom stereocenters. The van der Waals surface area contributed by atoms with E-state index in [1.54, 1.807) is 12.1 Å². The molecule has 0 spiro atoms. The van der Waals surface area contributed by atoms with E-state index in [1.165, 1.54) is 0 Å². The Bertz CT molecular complexity index is 2000. The number of Topliss-reactive ketones (excluding diaryl/α,β-unsaturated/α-hetero) is 2. The van der Waals surface area contributed by atoms with Crippen LogP contribution in [-0.2, 0) is 4.79 Å². The molecule has 4 aliphatic carbocycles. The molecule has 55 heavy (non-hydrogen) atoms. The molecule has 0 saturated heterocycles. The van der Waals surface area contributed by atoms with Crippen LogP contribution >= 0.6 is 23.2 Å². The van der Waals surface area contributed by atoms with Gasteiger partial charge in [-0.3, -0.25) is 19.4 Å². The van der Waals surface area contributed by atoms with E-state index in [-0.39, 0.29) is 47.6 Å². The molecule has 1 amide bonds. The van der Waals surface area contributed by atoms with Crippen LogP contribution in [0.15, 0.2) is 108 Å². The Morgan fingerprint density at radius 1 is 0.800 bits per heavy atom. The number of allylic oxidation sites excluding steroid dienone is 8. The number of benzene rings is 2. The SMILES string of the molecule is C=C(CC(=O)NCCN(C)CCN1N=C2c3cccc(Cl)c3C(=O)C3C=CC=C1C23)NCCN(C)CCN1C=C2c3cccc(Cl)c3C(=O)C3C=CC=C1C23. The molecule has 2 N–H and O–H groups in total. The molecule has 12 heteroatoms. The van der Waals surface area contributed by atoms with Gasteiger partial charge in [0.05, 0.1) is 46.5 Å². The summed E-state index contributed by atoms with van der Waals surface area (Å²) in [5.74, 6) is -0.493. The fourth-order valence-corrected chi connectivity index (χ4v) is 9.18. The fraction of sp³-hybridized carbons (Fsp3) is 0.349. The smallest absolute Gasteiger partial charge is 0.225 e. The van der Waals surface area contributed by atoms with E-state index in [2.05, 4.69) is 57.3 Å². The molecule has 2 aromatic carbocycles. The van der Waals surface area contributed by atoms with E-state index in [0.717, 1.165) is 60.0 Å². The number of fused-ring (bicyclic) bond motifs is 4. The number of carbonyl (C=O) groups excluding carboxylic acids is 3. The van der Waals surface area contributed by atoms with Crippen LogP contribution in [0.25, 0.3) is 5.57 Å². The summed E-state index contributed by atoms with van der Waals surface area (Å²) in [4.78, 5) is 46.1. The third-order valence-corrected chi connectivity index (χ3v) is 12.1. The predicted octanol–water partition coefficient (Wildman–Crippen LogP) is 5.61. The van der Waals surface area contributed by atoms with Crippen LogP contribution in [0.1, 0.15) is 38.3 Å². The first-order valence-electron chi connectivity index (χ1n) is 18.9. The Kier molecular flexibility index (Phi) is 10.4. The molecule has 8 rings (SSSR count). The summed E-state index contributed by atoms with van der Waals surface area (Å²) < 4.78 is 0. The van der Waals surface area contributed by atoms with Gasteiger partial charge in [0.2, 0.25) is 5.91 Å². The molecular formula is C43H45Cl2N7O3. The summed E-state index contributed by atoms with van der Waals surface area (Å²) in [6, 6.07) is 11.3. The van der Waals surface area contributed by atoms with E-state index in [4.69, 9.17) is 28.3 Å². The average Bonchev–Trinajstić information content (AvgIpc) is 3.74. The number of hydrogen-bond donors (Lipinski definition) is 2. The first-order valence-corrected chi connectivity index (χ1v) is 19.7. The molecule has 284 valence electrons. The Balaban J connectivity index is 0.740. The standard InChI is InChI=1S/C43H45Cl2N7O3/c1-26(46-16-18-49(2)20-22-51-25-31-27-8-4-12-32(44)38(27)42(54)29-10-6-14-34(51)37(29)31)24-36(53)47-17-19-50(3)21-23-52-35-15-7-11-30-40(35)41(48-52)28-9-5-13-33(45)39(28)43(30)55/h4-15,25,29-30,37,40,46H,1,16-24H2,2-3H3,(H,47,53). The largest absolute Gasteiger partial charge is 0.387 e. The Hall–Kier alpha value is -4.74. The number of ketones is 2. The van der Waals surface area contributed by atoms with Gasteiger partial charge in [0.15, 0.2) is 11.6 Å². The molecule has 0 bridgehead atoms. The lowest BCUT2D eigenvalue weighted by Gasteiger charge is -2.33. The average molecular weight is 779 g/mol. The number of hydrogen-bond acceptors (Lipinski definition) is 9. The summed E-state index contributed by atoms with van der Waals surface area (Å²) in [5.41, 5.74) is 7.91. The number of nitrogens with one attached hydrogen (secondary N) is 2. The molecule has 6 aliphatic rings. The van der Waals surface area contributed by atoms with Crippen molar-refractivity contribution in [3.8, 4) is 0 Å². The third-order valence-electron chi connectivity index (χ3n) is 11.5. The van der Waals surface area contributed by atoms with E-state index in [0.29, 0.717) is 53.0 Å². The first-order chi connectivity index (χ1) is 26.6. The lowest BCUT2D eigenvalue weighted by atomic mass is 9.70. The van der Waals surface area contributed by atoms with E-state index in [9.17, 15) is 14.4 Å². The van der Waals surface area contributed by atoms with Crippen molar-refractivity contribution in [2.45, 2.75) is 6.42 Å². The van der Waals surface area contributed by atoms with Crippen molar-refractivity contribution in [1.29, 1.82) is 0 Å². The van der Waals surface area contributed by atoms with Gasteiger partial charge in [0.1, 0.15) is 0 Å². The second-order valence-corrected chi connectivity index (χ2v) is 15.9.